The molecule has 0 aromatic heterocycles. The maximum absolute atomic E-state index is 11.4. The molecule has 26 heavy (non-hydrogen) atoms. The van der Waals surface area contributed by atoms with Crippen molar-refractivity contribution in [3.63, 3.8) is 0 Å². The summed E-state index contributed by atoms with van der Waals surface area (Å²) in [5.41, 5.74) is 6.58. The van der Waals surface area contributed by atoms with Gasteiger partial charge in [0.2, 0.25) is 5.91 Å². The lowest BCUT2D eigenvalue weighted by Gasteiger charge is -2.20. The van der Waals surface area contributed by atoms with Gasteiger partial charge in [-0.05, 0) is 49.5 Å². The number of phenols is 1. The van der Waals surface area contributed by atoms with Gasteiger partial charge in [0.1, 0.15) is 5.75 Å². The number of rotatable bonds is 3. The summed E-state index contributed by atoms with van der Waals surface area (Å²) in [6, 6.07) is 13.0. The van der Waals surface area contributed by atoms with Gasteiger partial charge in [0, 0.05) is 23.6 Å². The third kappa shape index (κ3) is 4.18. The fourth-order valence-electron chi connectivity index (χ4n) is 2.72. The molecule has 0 aliphatic carbocycles. The molecule has 6 nitrogen and oxygen atoms in total. The Balaban J connectivity index is 1.76. The summed E-state index contributed by atoms with van der Waals surface area (Å²) in [6.07, 6.45) is 0.385. The van der Waals surface area contributed by atoms with Gasteiger partial charge in [-0.2, -0.15) is 5.10 Å². The monoisotopic (exact) mass is 368 g/mol. The van der Waals surface area contributed by atoms with Crippen LogP contribution in [0.25, 0.3) is 0 Å². The van der Waals surface area contributed by atoms with E-state index in [0.29, 0.717) is 17.2 Å². The van der Waals surface area contributed by atoms with Crippen molar-refractivity contribution < 1.29 is 9.90 Å². The number of nitrogens with one attached hydrogen (secondary N) is 3. The van der Waals surface area contributed by atoms with Crippen molar-refractivity contribution in [2.24, 2.45) is 11.0 Å². The third-order valence-electron chi connectivity index (χ3n) is 4.11. The van der Waals surface area contributed by atoms with Crippen LogP contribution < -0.4 is 16.1 Å². The highest BCUT2D eigenvalue weighted by atomic mass is 32.1. The minimum Gasteiger partial charge on any atom is -0.506 e. The first-order valence-corrected chi connectivity index (χ1v) is 8.67. The van der Waals surface area contributed by atoms with Gasteiger partial charge in [0.15, 0.2) is 5.11 Å². The number of carbonyl (C=O) groups excluding carboxylic acids is 1. The van der Waals surface area contributed by atoms with Crippen LogP contribution in [0.5, 0.6) is 5.75 Å². The number of aromatic hydroxyl groups is 1. The van der Waals surface area contributed by atoms with Gasteiger partial charge in [-0.1, -0.05) is 24.6 Å². The third-order valence-corrected chi connectivity index (χ3v) is 4.31. The lowest BCUT2D eigenvalue weighted by molar-refractivity contribution is -0.121. The van der Waals surface area contributed by atoms with E-state index in [2.05, 4.69) is 21.2 Å². The highest BCUT2D eigenvalue weighted by molar-refractivity contribution is 7.80. The van der Waals surface area contributed by atoms with Crippen LogP contribution in [0.4, 0.5) is 11.4 Å². The SMILES string of the molecule is Cc1ccc(NC(=S)Nc2cc(C3=NNC(=O)CC3C)ccc2O)cc1. The number of hydrazone groups is 1. The van der Waals surface area contributed by atoms with Gasteiger partial charge in [-0.15, -0.1) is 0 Å². The lowest BCUT2D eigenvalue weighted by atomic mass is 9.94. The van der Waals surface area contributed by atoms with Crippen LogP contribution in [0.1, 0.15) is 24.5 Å². The number of thiocarbonyl (C=S) groups is 1. The summed E-state index contributed by atoms with van der Waals surface area (Å²) in [6.45, 7) is 3.96. The molecule has 0 saturated carbocycles. The van der Waals surface area contributed by atoms with E-state index in [4.69, 9.17) is 12.2 Å². The first kappa shape index (κ1) is 17.9. The summed E-state index contributed by atoms with van der Waals surface area (Å²) in [5, 5.41) is 20.7. The molecule has 3 rings (SSSR count). The molecule has 0 spiro atoms. The smallest absolute Gasteiger partial charge is 0.240 e. The molecule has 7 heteroatoms. The Morgan fingerprint density at radius 2 is 1.96 bits per heavy atom. The normalized spacial score (nSPS) is 16.5. The molecule has 1 heterocycles. The minimum atomic E-state index is -0.0955. The molecule has 1 amide bonds. The summed E-state index contributed by atoms with van der Waals surface area (Å²) in [5.74, 6) is -0.0180. The molecule has 1 aliphatic heterocycles. The summed E-state index contributed by atoms with van der Waals surface area (Å²) in [7, 11) is 0. The van der Waals surface area contributed by atoms with Gasteiger partial charge in [0.25, 0.3) is 0 Å². The second-order valence-electron chi connectivity index (χ2n) is 6.31. The fourth-order valence-corrected chi connectivity index (χ4v) is 2.95. The van der Waals surface area contributed by atoms with E-state index in [9.17, 15) is 9.90 Å². The zero-order valence-corrected chi connectivity index (χ0v) is 15.4. The molecule has 2 aromatic carbocycles. The fraction of sp³-hybridized carbons (Fsp3) is 0.211. The molecule has 0 saturated heterocycles. The standard InChI is InChI=1S/C19H20N4O2S/c1-11-3-6-14(7-4-11)20-19(26)21-15-10-13(5-8-16(15)24)18-12(2)9-17(25)22-23-18/h3-8,10,12,24H,9H2,1-2H3,(H,22,25)(H2,20,21,26). The molecule has 1 aliphatic rings. The van der Waals surface area contributed by atoms with Gasteiger partial charge in [-0.25, -0.2) is 5.43 Å². The maximum Gasteiger partial charge on any atom is 0.240 e. The Kier molecular flexibility index (Phi) is 5.18. The number of benzene rings is 2. The van der Waals surface area contributed by atoms with Crippen LogP contribution in [0, 0.1) is 12.8 Å². The van der Waals surface area contributed by atoms with Gasteiger partial charge < -0.3 is 15.7 Å². The maximum atomic E-state index is 11.4. The van der Waals surface area contributed by atoms with Crippen LogP contribution in [0.3, 0.4) is 0 Å². The van der Waals surface area contributed by atoms with Crippen molar-refractivity contribution in [2.75, 3.05) is 10.6 Å². The highest BCUT2D eigenvalue weighted by Gasteiger charge is 2.22. The minimum absolute atomic E-state index is 0.00113. The van der Waals surface area contributed by atoms with E-state index >= 15 is 0 Å². The van der Waals surface area contributed by atoms with Crippen molar-refractivity contribution in [2.45, 2.75) is 20.3 Å². The molecule has 0 bridgehead atoms. The molecule has 0 fully saturated rings. The van der Waals surface area contributed by atoms with Crippen molar-refractivity contribution in [1.82, 2.24) is 5.43 Å². The van der Waals surface area contributed by atoms with Crippen LogP contribution in [-0.2, 0) is 4.79 Å². The number of nitrogens with zero attached hydrogens (tertiary/aromatic N) is 1. The molecular weight excluding hydrogens is 348 g/mol. The number of aryl methyl sites for hydroxylation is 1. The Labute approximate surface area is 157 Å². The summed E-state index contributed by atoms with van der Waals surface area (Å²) >= 11 is 5.33. The van der Waals surface area contributed by atoms with Crippen molar-refractivity contribution in [3.8, 4) is 5.75 Å². The molecule has 2 aromatic rings. The number of phenolic OH excluding ortho intramolecular Hbond substituents is 1. The van der Waals surface area contributed by atoms with Crippen LogP contribution >= 0.6 is 12.2 Å². The average molecular weight is 368 g/mol. The second kappa shape index (κ2) is 7.53. The van der Waals surface area contributed by atoms with Crippen molar-refractivity contribution in [1.29, 1.82) is 0 Å². The molecular formula is C19H20N4O2S. The summed E-state index contributed by atoms with van der Waals surface area (Å²) < 4.78 is 0. The number of amides is 1. The number of carbonyl (C=O) groups is 1. The number of hydrogen-bond acceptors (Lipinski definition) is 4. The second-order valence-corrected chi connectivity index (χ2v) is 6.72. The largest absolute Gasteiger partial charge is 0.506 e. The molecule has 0 radical (unpaired) electrons. The number of hydrogen-bond donors (Lipinski definition) is 4. The Morgan fingerprint density at radius 3 is 2.65 bits per heavy atom. The van der Waals surface area contributed by atoms with E-state index in [1.54, 1.807) is 18.2 Å². The van der Waals surface area contributed by atoms with E-state index in [0.717, 1.165) is 22.5 Å². The van der Waals surface area contributed by atoms with E-state index in [1.165, 1.54) is 0 Å². The first-order valence-electron chi connectivity index (χ1n) is 8.27. The molecule has 1 unspecified atom stereocenters. The zero-order valence-electron chi connectivity index (χ0n) is 14.5. The summed E-state index contributed by atoms with van der Waals surface area (Å²) in [4.78, 5) is 11.4. The predicted octanol–water partition coefficient (Wildman–Crippen LogP) is 3.37. The van der Waals surface area contributed by atoms with Crippen molar-refractivity contribution in [3.05, 3.63) is 53.6 Å². The van der Waals surface area contributed by atoms with E-state index < -0.39 is 0 Å². The Morgan fingerprint density at radius 1 is 1.23 bits per heavy atom. The van der Waals surface area contributed by atoms with Gasteiger partial charge in [-0.3, -0.25) is 4.79 Å². The Hall–Kier alpha value is -2.93. The van der Waals surface area contributed by atoms with Crippen LogP contribution in [-0.4, -0.2) is 21.8 Å². The van der Waals surface area contributed by atoms with Gasteiger partial charge in [0.05, 0.1) is 11.4 Å². The topological polar surface area (TPSA) is 85.8 Å². The lowest BCUT2D eigenvalue weighted by Crippen LogP contribution is -2.32. The Bertz CT molecular complexity index is 878. The zero-order chi connectivity index (χ0) is 18.7. The van der Waals surface area contributed by atoms with Crippen LogP contribution in [0.2, 0.25) is 0 Å². The first-order chi connectivity index (χ1) is 12.4. The van der Waals surface area contributed by atoms with Gasteiger partial charge >= 0.3 is 0 Å². The average Bonchev–Trinajstić information content (AvgIpc) is 2.59. The van der Waals surface area contributed by atoms with Crippen LogP contribution in [0.15, 0.2) is 47.6 Å². The van der Waals surface area contributed by atoms with Crippen molar-refractivity contribution >= 4 is 40.3 Å². The highest BCUT2D eigenvalue weighted by Crippen LogP contribution is 2.27. The predicted molar refractivity (Wildman–Crippen MR) is 108 cm³/mol. The molecule has 4 N–H and O–H groups in total. The molecule has 1 atom stereocenters. The van der Waals surface area contributed by atoms with E-state index in [1.807, 2.05) is 38.1 Å². The van der Waals surface area contributed by atoms with E-state index in [-0.39, 0.29) is 17.6 Å². The number of anilines is 2. The molecule has 134 valence electrons. The quantitative estimate of drug-likeness (QED) is 0.493.